The van der Waals surface area contributed by atoms with Gasteiger partial charge in [-0.2, -0.15) is 4.31 Å². The number of piperazine rings is 1. The van der Waals surface area contributed by atoms with Crippen LogP contribution < -0.4 is 0 Å². The van der Waals surface area contributed by atoms with Crippen molar-refractivity contribution in [2.24, 2.45) is 5.92 Å². The number of sulfonamides is 1. The molecule has 160 valence electrons. The molecule has 2 rings (SSSR count). The Bertz CT molecular complexity index is 844. The third-order valence-corrected chi connectivity index (χ3v) is 7.13. The number of carbonyl (C=O) groups is 2. The van der Waals surface area contributed by atoms with Crippen molar-refractivity contribution in [3.63, 3.8) is 0 Å². The molecule has 0 N–H and O–H groups in total. The van der Waals surface area contributed by atoms with Gasteiger partial charge in [-0.1, -0.05) is 43.7 Å². The number of benzene rings is 1. The van der Waals surface area contributed by atoms with E-state index in [1.807, 2.05) is 26.0 Å². The van der Waals surface area contributed by atoms with Crippen molar-refractivity contribution in [2.75, 3.05) is 31.9 Å². The number of amides is 1. The molecule has 6 nitrogen and oxygen atoms in total. The number of carbonyl (C=O) groups excluding carboxylic acids is 2. The molecule has 0 aromatic heterocycles. The van der Waals surface area contributed by atoms with E-state index < -0.39 is 10.0 Å². The summed E-state index contributed by atoms with van der Waals surface area (Å²) in [5.41, 5.74) is 0.854. The lowest BCUT2D eigenvalue weighted by molar-refractivity contribution is -0.132. The number of allylic oxidation sites excluding steroid dienone is 1. The lowest BCUT2D eigenvalue weighted by atomic mass is 10.1. The molecule has 1 aromatic carbocycles. The van der Waals surface area contributed by atoms with Gasteiger partial charge in [0.1, 0.15) is 0 Å². The van der Waals surface area contributed by atoms with Crippen LogP contribution in [0.1, 0.15) is 38.7 Å². The predicted octanol–water partition coefficient (Wildman–Crippen LogP) is 3.22. The molecule has 0 spiro atoms. The fraction of sp³-hybridized carbons (Fsp3) is 0.524. The molecule has 1 aliphatic heterocycles. The molecule has 8 heteroatoms. The first-order valence-electron chi connectivity index (χ1n) is 9.89. The van der Waals surface area contributed by atoms with Gasteiger partial charge in [0.2, 0.25) is 15.9 Å². The Morgan fingerprint density at radius 1 is 1.14 bits per heavy atom. The quantitative estimate of drug-likeness (QED) is 0.552. The highest BCUT2D eigenvalue weighted by molar-refractivity contribution is 7.89. The zero-order chi connectivity index (χ0) is 21.4. The number of ketones is 1. The molecule has 0 bridgehead atoms. The molecule has 1 amide bonds. The molecule has 29 heavy (non-hydrogen) atoms. The van der Waals surface area contributed by atoms with Crippen LogP contribution in [0.2, 0.25) is 5.02 Å². The van der Waals surface area contributed by atoms with Crippen molar-refractivity contribution in [1.82, 2.24) is 9.21 Å². The second kappa shape index (κ2) is 10.9. The van der Waals surface area contributed by atoms with Gasteiger partial charge >= 0.3 is 0 Å². The van der Waals surface area contributed by atoms with E-state index in [4.69, 9.17) is 11.6 Å². The number of hydrogen-bond donors (Lipinski definition) is 0. The third-order valence-electron chi connectivity index (χ3n) is 4.65. The summed E-state index contributed by atoms with van der Waals surface area (Å²) in [7, 11) is -3.26. The number of nitrogens with zero attached hydrogens (tertiary/aromatic N) is 2. The molecule has 1 aliphatic rings. The van der Waals surface area contributed by atoms with E-state index in [0.29, 0.717) is 44.0 Å². The molecule has 0 aliphatic carbocycles. The van der Waals surface area contributed by atoms with Gasteiger partial charge in [0.25, 0.3) is 0 Å². The van der Waals surface area contributed by atoms with E-state index in [1.165, 1.54) is 10.4 Å². The minimum atomic E-state index is -3.26. The predicted molar refractivity (Wildman–Crippen MR) is 116 cm³/mol. The second-order valence-corrected chi connectivity index (χ2v) is 10.1. The first-order chi connectivity index (χ1) is 13.7. The van der Waals surface area contributed by atoms with Crippen molar-refractivity contribution in [1.29, 1.82) is 0 Å². The van der Waals surface area contributed by atoms with Gasteiger partial charge < -0.3 is 4.90 Å². The summed E-state index contributed by atoms with van der Waals surface area (Å²) in [6.07, 6.45) is 4.28. The van der Waals surface area contributed by atoms with Crippen LogP contribution in [0.25, 0.3) is 6.08 Å². The van der Waals surface area contributed by atoms with E-state index in [2.05, 4.69) is 0 Å². The molecule has 1 aromatic rings. The van der Waals surface area contributed by atoms with Gasteiger partial charge in [0.15, 0.2) is 5.78 Å². The van der Waals surface area contributed by atoms with E-state index >= 15 is 0 Å². The van der Waals surface area contributed by atoms with Crippen LogP contribution in [0.15, 0.2) is 30.3 Å². The Morgan fingerprint density at radius 2 is 1.83 bits per heavy atom. The van der Waals surface area contributed by atoms with Crippen LogP contribution in [-0.2, 0) is 19.6 Å². The summed E-state index contributed by atoms with van der Waals surface area (Å²) >= 11 is 5.91. The molecule has 0 atom stereocenters. The van der Waals surface area contributed by atoms with E-state index in [0.717, 1.165) is 5.56 Å². The lowest BCUT2D eigenvalue weighted by Gasteiger charge is -2.34. The Hall–Kier alpha value is -1.70. The zero-order valence-electron chi connectivity index (χ0n) is 17.0. The fourth-order valence-corrected chi connectivity index (χ4v) is 5.17. The summed E-state index contributed by atoms with van der Waals surface area (Å²) in [6, 6.07) is 7.22. The van der Waals surface area contributed by atoms with Gasteiger partial charge in [-0.3, -0.25) is 9.59 Å². The average molecular weight is 441 g/mol. The maximum Gasteiger partial charge on any atom is 0.222 e. The monoisotopic (exact) mass is 440 g/mol. The summed E-state index contributed by atoms with van der Waals surface area (Å²) in [5.74, 6) is 0.135. The summed E-state index contributed by atoms with van der Waals surface area (Å²) in [4.78, 5) is 26.0. The minimum absolute atomic E-state index is 0.0301. The highest BCUT2D eigenvalue weighted by Gasteiger charge is 2.28. The molecule has 0 unspecified atom stereocenters. The van der Waals surface area contributed by atoms with Crippen molar-refractivity contribution in [2.45, 2.75) is 33.1 Å². The molecule has 0 radical (unpaired) electrons. The molecule has 1 fully saturated rings. The Kier molecular flexibility index (Phi) is 8.86. The average Bonchev–Trinajstić information content (AvgIpc) is 2.65. The second-order valence-electron chi connectivity index (χ2n) is 7.66. The van der Waals surface area contributed by atoms with Crippen molar-refractivity contribution < 1.29 is 18.0 Å². The number of halogens is 1. The van der Waals surface area contributed by atoms with Gasteiger partial charge in [-0.05, 0) is 36.1 Å². The largest absolute Gasteiger partial charge is 0.340 e. The molecular weight excluding hydrogens is 412 g/mol. The third kappa shape index (κ3) is 7.91. The summed E-state index contributed by atoms with van der Waals surface area (Å²) in [6.45, 7) is 5.23. The Balaban J connectivity index is 1.71. The van der Waals surface area contributed by atoms with Crippen LogP contribution in [0.4, 0.5) is 0 Å². The van der Waals surface area contributed by atoms with Gasteiger partial charge in [-0.15, -0.1) is 0 Å². The Morgan fingerprint density at radius 3 is 2.45 bits per heavy atom. The highest BCUT2D eigenvalue weighted by Crippen LogP contribution is 2.14. The maximum atomic E-state index is 12.3. The van der Waals surface area contributed by atoms with Gasteiger partial charge in [-0.25, -0.2) is 8.42 Å². The van der Waals surface area contributed by atoms with Crippen LogP contribution in [-0.4, -0.2) is 61.2 Å². The minimum Gasteiger partial charge on any atom is -0.340 e. The van der Waals surface area contributed by atoms with Crippen LogP contribution >= 0.6 is 11.6 Å². The summed E-state index contributed by atoms with van der Waals surface area (Å²) in [5, 5.41) is 0.613. The van der Waals surface area contributed by atoms with E-state index in [9.17, 15) is 18.0 Å². The van der Waals surface area contributed by atoms with Crippen molar-refractivity contribution in [3.05, 3.63) is 40.9 Å². The topological polar surface area (TPSA) is 74.8 Å². The van der Waals surface area contributed by atoms with E-state index in [1.54, 1.807) is 23.1 Å². The standard InChI is InChI=1S/C21H29ClN2O4S/c1-17(2)16-29(27,28)24-13-11-23(12-14-24)21(26)8-4-7-20(25)10-9-18-5-3-6-19(22)15-18/h3,5-6,9-10,15,17H,4,7-8,11-14,16H2,1-2H3/b10-9+. The van der Waals surface area contributed by atoms with Crippen LogP contribution in [0.3, 0.4) is 0 Å². The smallest absolute Gasteiger partial charge is 0.222 e. The SMILES string of the molecule is CC(C)CS(=O)(=O)N1CCN(C(=O)CCCC(=O)/C=C/c2cccc(Cl)c2)CC1. The van der Waals surface area contributed by atoms with Crippen LogP contribution in [0, 0.1) is 5.92 Å². The maximum absolute atomic E-state index is 12.3. The number of rotatable bonds is 9. The molecule has 1 heterocycles. The van der Waals surface area contributed by atoms with Gasteiger partial charge in [0, 0.05) is 44.0 Å². The zero-order valence-corrected chi connectivity index (χ0v) is 18.6. The van der Waals surface area contributed by atoms with Crippen molar-refractivity contribution >= 4 is 39.4 Å². The van der Waals surface area contributed by atoms with Gasteiger partial charge in [0.05, 0.1) is 5.75 Å². The Labute approximate surface area is 178 Å². The lowest BCUT2D eigenvalue weighted by Crippen LogP contribution is -2.51. The summed E-state index contributed by atoms with van der Waals surface area (Å²) < 4.78 is 26.0. The first kappa shape index (κ1) is 23.6. The number of hydrogen-bond acceptors (Lipinski definition) is 4. The molecular formula is C21H29ClN2O4S. The highest BCUT2D eigenvalue weighted by atomic mass is 35.5. The van der Waals surface area contributed by atoms with Crippen LogP contribution in [0.5, 0.6) is 0 Å². The normalized spacial score (nSPS) is 15.9. The molecule has 1 saturated heterocycles. The fourth-order valence-electron chi connectivity index (χ4n) is 3.20. The first-order valence-corrected chi connectivity index (χ1v) is 11.9. The van der Waals surface area contributed by atoms with Crippen molar-refractivity contribution in [3.8, 4) is 0 Å². The molecule has 0 saturated carbocycles. The van der Waals surface area contributed by atoms with E-state index in [-0.39, 0.29) is 29.8 Å².